The molecule has 0 saturated heterocycles. The molecular formula is C14H29ClN2O. The molecule has 1 unspecified atom stereocenters. The van der Waals surface area contributed by atoms with Crippen molar-refractivity contribution in [1.82, 2.24) is 5.32 Å². The van der Waals surface area contributed by atoms with E-state index in [9.17, 15) is 4.79 Å². The van der Waals surface area contributed by atoms with Crippen LogP contribution in [0.15, 0.2) is 0 Å². The second kappa shape index (κ2) is 10.6. The van der Waals surface area contributed by atoms with Crippen molar-refractivity contribution in [3.05, 3.63) is 0 Å². The van der Waals surface area contributed by atoms with Crippen molar-refractivity contribution in [2.24, 2.45) is 17.6 Å². The second-order valence-electron chi connectivity index (χ2n) is 5.31. The molecule has 0 aromatic rings. The molecule has 0 heterocycles. The Morgan fingerprint density at radius 1 is 1.39 bits per heavy atom. The Morgan fingerprint density at radius 2 is 2.06 bits per heavy atom. The van der Waals surface area contributed by atoms with Crippen LogP contribution in [0.4, 0.5) is 0 Å². The molecule has 1 aliphatic carbocycles. The van der Waals surface area contributed by atoms with Crippen LogP contribution < -0.4 is 11.1 Å². The van der Waals surface area contributed by atoms with Gasteiger partial charge in [0.05, 0.1) is 0 Å². The highest BCUT2D eigenvalue weighted by Gasteiger charge is 2.24. The summed E-state index contributed by atoms with van der Waals surface area (Å²) in [6.45, 7) is 3.55. The summed E-state index contributed by atoms with van der Waals surface area (Å²) in [7, 11) is 0. The van der Waals surface area contributed by atoms with E-state index in [0.717, 1.165) is 38.1 Å². The van der Waals surface area contributed by atoms with E-state index >= 15 is 0 Å². The largest absolute Gasteiger partial charge is 0.356 e. The summed E-state index contributed by atoms with van der Waals surface area (Å²) in [5, 5.41) is 3.02. The van der Waals surface area contributed by atoms with Gasteiger partial charge in [-0.1, -0.05) is 39.0 Å². The van der Waals surface area contributed by atoms with Gasteiger partial charge in [-0.2, -0.15) is 0 Å². The van der Waals surface area contributed by atoms with Gasteiger partial charge in [0, 0.05) is 12.5 Å². The molecule has 0 aromatic heterocycles. The summed E-state index contributed by atoms with van der Waals surface area (Å²) in [5.41, 5.74) is 5.43. The van der Waals surface area contributed by atoms with Crippen LogP contribution in [-0.2, 0) is 4.79 Å². The van der Waals surface area contributed by atoms with Gasteiger partial charge in [-0.15, -0.1) is 12.4 Å². The molecule has 1 fully saturated rings. The molecule has 108 valence electrons. The zero-order valence-electron chi connectivity index (χ0n) is 11.6. The predicted octanol–water partition coefficient (Wildman–Crippen LogP) is 2.87. The summed E-state index contributed by atoms with van der Waals surface area (Å²) < 4.78 is 0. The van der Waals surface area contributed by atoms with E-state index in [1.54, 1.807) is 0 Å². The Balaban J connectivity index is 0.00000289. The molecule has 0 radical (unpaired) electrons. The molecule has 1 aliphatic rings. The molecule has 1 rings (SSSR count). The van der Waals surface area contributed by atoms with Gasteiger partial charge in [0.2, 0.25) is 5.91 Å². The molecule has 1 amide bonds. The van der Waals surface area contributed by atoms with Crippen LogP contribution in [0.2, 0.25) is 0 Å². The summed E-state index contributed by atoms with van der Waals surface area (Å²) in [4.78, 5) is 12.0. The molecule has 1 saturated carbocycles. The maximum atomic E-state index is 12.0. The third-order valence-electron chi connectivity index (χ3n) is 3.78. The third-order valence-corrected chi connectivity index (χ3v) is 3.78. The van der Waals surface area contributed by atoms with Crippen molar-refractivity contribution in [3.63, 3.8) is 0 Å². The van der Waals surface area contributed by atoms with Gasteiger partial charge in [-0.3, -0.25) is 4.79 Å². The Bertz CT molecular complexity index is 218. The first-order valence-electron chi connectivity index (χ1n) is 7.25. The zero-order chi connectivity index (χ0) is 12.5. The van der Waals surface area contributed by atoms with Crippen LogP contribution in [-0.4, -0.2) is 19.0 Å². The van der Waals surface area contributed by atoms with Gasteiger partial charge < -0.3 is 11.1 Å². The summed E-state index contributed by atoms with van der Waals surface area (Å²) >= 11 is 0. The van der Waals surface area contributed by atoms with Crippen molar-refractivity contribution in [2.75, 3.05) is 13.1 Å². The highest BCUT2D eigenvalue weighted by Crippen LogP contribution is 2.31. The molecule has 3 N–H and O–H groups in total. The molecule has 0 aromatic carbocycles. The number of carbonyl (C=O) groups excluding carboxylic acids is 1. The van der Waals surface area contributed by atoms with E-state index in [1.807, 2.05) is 0 Å². The van der Waals surface area contributed by atoms with Gasteiger partial charge in [-0.25, -0.2) is 0 Å². The quantitative estimate of drug-likeness (QED) is 0.670. The average Bonchev–Trinajstić information content (AvgIpc) is 2.81. The molecule has 3 nitrogen and oxygen atoms in total. The van der Waals surface area contributed by atoms with Crippen LogP contribution in [0.3, 0.4) is 0 Å². The minimum atomic E-state index is 0. The number of amides is 1. The molecule has 0 spiro atoms. The van der Waals surface area contributed by atoms with Crippen molar-refractivity contribution in [3.8, 4) is 0 Å². The van der Waals surface area contributed by atoms with Crippen molar-refractivity contribution in [2.45, 2.75) is 58.3 Å². The zero-order valence-corrected chi connectivity index (χ0v) is 12.4. The van der Waals surface area contributed by atoms with Crippen LogP contribution in [0.25, 0.3) is 0 Å². The lowest BCUT2D eigenvalue weighted by atomic mass is 9.89. The number of nitrogens with two attached hydrogens (primary N) is 1. The number of carbonyl (C=O) groups is 1. The van der Waals surface area contributed by atoms with Crippen LogP contribution in [0.1, 0.15) is 58.3 Å². The number of hydrogen-bond acceptors (Lipinski definition) is 2. The van der Waals surface area contributed by atoms with Gasteiger partial charge >= 0.3 is 0 Å². The normalized spacial score (nSPS) is 17.2. The van der Waals surface area contributed by atoms with Crippen LogP contribution >= 0.6 is 12.4 Å². The van der Waals surface area contributed by atoms with Crippen molar-refractivity contribution >= 4 is 18.3 Å². The summed E-state index contributed by atoms with van der Waals surface area (Å²) in [6, 6.07) is 0. The van der Waals surface area contributed by atoms with E-state index in [4.69, 9.17) is 5.73 Å². The summed E-state index contributed by atoms with van der Waals surface area (Å²) in [6.07, 6.45) is 9.49. The number of nitrogens with one attached hydrogen (secondary N) is 1. The molecule has 4 heteroatoms. The molecule has 0 aliphatic heterocycles. The topological polar surface area (TPSA) is 55.1 Å². The van der Waals surface area contributed by atoms with E-state index in [1.165, 1.54) is 25.7 Å². The average molecular weight is 277 g/mol. The Kier molecular flexibility index (Phi) is 10.5. The van der Waals surface area contributed by atoms with Gasteiger partial charge in [0.1, 0.15) is 0 Å². The SMILES string of the molecule is CCCC(CC1CCCC1)C(=O)NCCCN.Cl. The lowest BCUT2D eigenvalue weighted by Gasteiger charge is -2.19. The maximum absolute atomic E-state index is 12.0. The Morgan fingerprint density at radius 3 is 2.61 bits per heavy atom. The number of rotatable bonds is 8. The number of hydrogen-bond donors (Lipinski definition) is 2. The van der Waals surface area contributed by atoms with Gasteiger partial charge in [0.25, 0.3) is 0 Å². The third kappa shape index (κ3) is 6.60. The standard InChI is InChI=1S/C14H28N2O.ClH/c1-2-6-13(11-12-7-3-4-8-12)14(17)16-10-5-9-15;/h12-13H,2-11,15H2,1H3,(H,16,17);1H. The smallest absolute Gasteiger partial charge is 0.223 e. The lowest BCUT2D eigenvalue weighted by Crippen LogP contribution is -2.33. The van der Waals surface area contributed by atoms with Gasteiger partial charge in [0.15, 0.2) is 0 Å². The van der Waals surface area contributed by atoms with Crippen LogP contribution in [0, 0.1) is 11.8 Å². The Hall–Kier alpha value is -0.280. The predicted molar refractivity (Wildman–Crippen MR) is 78.9 cm³/mol. The minimum Gasteiger partial charge on any atom is -0.356 e. The Labute approximate surface area is 118 Å². The van der Waals surface area contributed by atoms with E-state index in [0.29, 0.717) is 6.54 Å². The van der Waals surface area contributed by atoms with Crippen molar-refractivity contribution in [1.29, 1.82) is 0 Å². The molecule has 0 bridgehead atoms. The minimum absolute atomic E-state index is 0. The van der Waals surface area contributed by atoms with Gasteiger partial charge in [-0.05, 0) is 31.7 Å². The van der Waals surface area contributed by atoms with Crippen molar-refractivity contribution < 1.29 is 4.79 Å². The fraction of sp³-hybridized carbons (Fsp3) is 0.929. The first kappa shape index (κ1) is 17.7. The number of halogens is 1. The molecular weight excluding hydrogens is 248 g/mol. The summed E-state index contributed by atoms with van der Waals surface area (Å²) in [5.74, 6) is 1.29. The first-order chi connectivity index (χ1) is 8.27. The maximum Gasteiger partial charge on any atom is 0.223 e. The van der Waals surface area contributed by atoms with E-state index in [-0.39, 0.29) is 24.2 Å². The van der Waals surface area contributed by atoms with Crippen LogP contribution in [0.5, 0.6) is 0 Å². The fourth-order valence-corrected chi connectivity index (χ4v) is 2.81. The molecule has 18 heavy (non-hydrogen) atoms. The molecule has 1 atom stereocenters. The highest BCUT2D eigenvalue weighted by atomic mass is 35.5. The highest BCUT2D eigenvalue weighted by molar-refractivity contribution is 5.85. The second-order valence-corrected chi connectivity index (χ2v) is 5.31. The first-order valence-corrected chi connectivity index (χ1v) is 7.25. The van der Waals surface area contributed by atoms with E-state index < -0.39 is 0 Å². The van der Waals surface area contributed by atoms with E-state index in [2.05, 4.69) is 12.2 Å². The lowest BCUT2D eigenvalue weighted by molar-refractivity contribution is -0.125. The monoisotopic (exact) mass is 276 g/mol. The fourth-order valence-electron chi connectivity index (χ4n) is 2.81.